The fourth-order valence-corrected chi connectivity index (χ4v) is 2.64. The van der Waals surface area contributed by atoms with Crippen LogP contribution in [0.15, 0.2) is 0 Å². The number of quaternary nitrogens is 1. The van der Waals surface area contributed by atoms with Crippen LogP contribution in [-0.2, 0) is 16.0 Å². The van der Waals surface area contributed by atoms with E-state index in [1.807, 2.05) is 0 Å². The quantitative estimate of drug-likeness (QED) is 0.383. The van der Waals surface area contributed by atoms with E-state index >= 15 is 0 Å². The molecular weight excluding hydrogens is 334 g/mol. The summed E-state index contributed by atoms with van der Waals surface area (Å²) < 4.78 is 11.0. The van der Waals surface area contributed by atoms with E-state index < -0.39 is 17.1 Å². The molecule has 0 aromatic heterocycles. The Kier molecular flexibility index (Phi) is 25.7. The summed E-state index contributed by atoms with van der Waals surface area (Å²) in [6.07, 6.45) is 14.3. The number of rotatable bonds is 12. The molecule has 4 nitrogen and oxygen atoms in total. The molecule has 0 bridgehead atoms. The van der Waals surface area contributed by atoms with Gasteiger partial charge in [-0.05, 0) is 32.6 Å². The van der Waals surface area contributed by atoms with Gasteiger partial charge in [-0.1, -0.05) is 64.6 Å². The van der Waals surface area contributed by atoms with E-state index in [0.29, 0.717) is 0 Å². The Labute approximate surface area is 161 Å². The van der Waals surface area contributed by atoms with Gasteiger partial charge in [0.15, 0.2) is 0 Å². The average molecular weight is 380 g/mol. The maximum atomic E-state index is 9.56. The van der Waals surface area contributed by atoms with Gasteiger partial charge in [-0.3, -0.25) is 0 Å². The first-order valence-electron chi connectivity index (χ1n) is 9.98. The average Bonchev–Trinajstić information content (AvgIpc) is 2.52. The highest BCUT2D eigenvalue weighted by atomic mass is 32.2. The van der Waals surface area contributed by atoms with E-state index in [2.05, 4.69) is 27.7 Å². The van der Waals surface area contributed by atoms with Gasteiger partial charge in [-0.2, -0.15) is 0 Å². The fraction of sp³-hybridized carbons (Fsp3) is 0.950. The molecule has 0 aromatic rings. The maximum Gasteiger partial charge on any atom is 0.0946 e. The molecular formula is C20H45NO3S. The topological polar surface area (TPSA) is 63.2 Å². The highest BCUT2D eigenvalue weighted by Gasteiger charge is 2.24. The maximum absolute atomic E-state index is 9.56. The molecule has 0 fully saturated rings. The number of aliphatic carboxylic acids is 1. The first-order chi connectivity index (χ1) is 11.7. The number of carbonyl (C=O) groups is 1. The van der Waals surface area contributed by atoms with Crippen molar-refractivity contribution in [3.05, 3.63) is 0 Å². The number of carbonyl (C=O) groups excluding carboxylic acids is 1. The molecule has 0 aromatic carbocycles. The Morgan fingerprint density at radius 3 is 1.04 bits per heavy atom. The van der Waals surface area contributed by atoms with Crippen LogP contribution in [0, 0.1) is 0 Å². The Hall–Kier alpha value is -0.260. The van der Waals surface area contributed by atoms with Crippen molar-refractivity contribution in [2.45, 2.75) is 86.0 Å². The van der Waals surface area contributed by atoms with Crippen molar-refractivity contribution in [2.75, 3.05) is 38.7 Å². The zero-order chi connectivity index (χ0) is 20.1. The Bertz CT molecular complexity index is 229. The summed E-state index contributed by atoms with van der Waals surface area (Å²) in [4.78, 5) is 8.89. The summed E-state index contributed by atoms with van der Waals surface area (Å²) in [5.41, 5.74) is 0. The molecule has 0 atom stereocenters. The number of unbranched alkanes of at least 4 members (excludes halogenated alkanes) is 4. The summed E-state index contributed by atoms with van der Waals surface area (Å²) >= 11 is -0.611. The second-order valence-corrected chi connectivity index (χ2v) is 8.37. The third-order valence-electron chi connectivity index (χ3n) is 3.94. The fourth-order valence-electron chi connectivity index (χ4n) is 2.64. The molecule has 0 aliphatic heterocycles. The van der Waals surface area contributed by atoms with Crippen molar-refractivity contribution in [3.63, 3.8) is 0 Å². The van der Waals surface area contributed by atoms with Crippen LogP contribution in [0.4, 0.5) is 0 Å². The zero-order valence-corrected chi connectivity index (χ0v) is 18.9. The molecule has 0 heterocycles. The Morgan fingerprint density at radius 2 is 0.920 bits per heavy atom. The van der Waals surface area contributed by atoms with Gasteiger partial charge in [-0.15, -0.1) is 0 Å². The molecule has 5 heteroatoms. The van der Waals surface area contributed by atoms with Crippen LogP contribution in [-0.4, -0.2) is 53.7 Å². The highest BCUT2D eigenvalue weighted by Crippen LogP contribution is 2.16. The minimum Gasteiger partial charge on any atom is -0.617 e. The Morgan fingerprint density at radius 1 is 0.760 bits per heavy atom. The second-order valence-electron chi connectivity index (χ2n) is 6.88. The van der Waals surface area contributed by atoms with Crippen molar-refractivity contribution in [1.29, 1.82) is 0 Å². The van der Waals surface area contributed by atoms with Gasteiger partial charge in [0, 0.05) is 5.97 Å². The van der Waals surface area contributed by atoms with Crippen molar-refractivity contribution >= 4 is 17.1 Å². The molecule has 0 N–H and O–H groups in total. The van der Waals surface area contributed by atoms with E-state index in [4.69, 9.17) is 9.90 Å². The number of hydrogen-bond acceptors (Lipinski definition) is 3. The van der Waals surface area contributed by atoms with Crippen LogP contribution >= 0.6 is 0 Å². The molecule has 0 aliphatic carbocycles. The SMILES string of the molecule is CC(=O)[O-].CCCC[N+](CCCC)(CCCC)CCCC.C[S+](C)[O-]. The first-order valence-corrected chi connectivity index (χ1v) is 12.0. The van der Waals surface area contributed by atoms with Gasteiger partial charge < -0.3 is 18.9 Å². The molecule has 154 valence electrons. The van der Waals surface area contributed by atoms with Crippen LogP contribution in [0.3, 0.4) is 0 Å². The van der Waals surface area contributed by atoms with E-state index in [9.17, 15) is 4.55 Å². The highest BCUT2D eigenvalue weighted by molar-refractivity contribution is 7.89. The molecule has 0 rings (SSSR count). The zero-order valence-electron chi connectivity index (χ0n) is 18.1. The molecule has 0 saturated carbocycles. The standard InChI is InChI=1S/C16H36N.C2H4O2.C2H6OS/c1-5-9-13-17(14-10-6-2,15-11-7-3)16-12-8-4;1-2(3)4;1-4(2)3/h5-16H2,1-4H3;1H3,(H,3,4);1-2H3/q+1;;/p-1. The normalized spacial score (nSPS) is 10.6. The van der Waals surface area contributed by atoms with Gasteiger partial charge >= 0.3 is 0 Å². The van der Waals surface area contributed by atoms with Gasteiger partial charge in [0.1, 0.15) is 0 Å². The molecule has 0 aliphatic rings. The minimum atomic E-state index is -1.08. The van der Waals surface area contributed by atoms with Gasteiger partial charge in [0.05, 0.1) is 38.7 Å². The lowest BCUT2D eigenvalue weighted by Crippen LogP contribution is -2.50. The van der Waals surface area contributed by atoms with Crippen molar-refractivity contribution in [2.24, 2.45) is 0 Å². The summed E-state index contributed by atoms with van der Waals surface area (Å²) in [6.45, 7) is 16.0. The summed E-state index contributed by atoms with van der Waals surface area (Å²) in [6, 6.07) is 0. The monoisotopic (exact) mass is 379 g/mol. The predicted molar refractivity (Wildman–Crippen MR) is 110 cm³/mol. The van der Waals surface area contributed by atoms with E-state index in [-0.39, 0.29) is 0 Å². The molecule has 0 spiro atoms. The molecule has 25 heavy (non-hydrogen) atoms. The Balaban J connectivity index is -0.000000503. The van der Waals surface area contributed by atoms with Gasteiger partial charge in [-0.25, -0.2) is 0 Å². The lowest BCUT2D eigenvalue weighted by molar-refractivity contribution is -0.929. The lowest BCUT2D eigenvalue weighted by Gasteiger charge is -2.39. The second kappa shape index (κ2) is 21.8. The number of hydrogen-bond donors (Lipinski definition) is 0. The van der Waals surface area contributed by atoms with Crippen molar-refractivity contribution in [3.8, 4) is 0 Å². The van der Waals surface area contributed by atoms with Crippen molar-refractivity contribution < 1.29 is 18.9 Å². The van der Waals surface area contributed by atoms with E-state index in [1.54, 1.807) is 12.5 Å². The first kappa shape index (κ1) is 29.5. The smallest absolute Gasteiger partial charge is 0.0946 e. The summed E-state index contributed by atoms with van der Waals surface area (Å²) in [7, 11) is 0. The van der Waals surface area contributed by atoms with Crippen LogP contribution in [0.5, 0.6) is 0 Å². The number of carboxylic acid groups (broad SMARTS) is 1. The third-order valence-corrected chi connectivity index (χ3v) is 3.94. The predicted octanol–water partition coefficient (Wildman–Crippen LogP) is 3.75. The molecule has 0 amide bonds. The number of carboxylic acids is 1. The van der Waals surface area contributed by atoms with Crippen LogP contribution in [0.1, 0.15) is 86.0 Å². The van der Waals surface area contributed by atoms with Crippen molar-refractivity contribution in [1.82, 2.24) is 0 Å². The van der Waals surface area contributed by atoms with E-state index in [0.717, 1.165) is 6.92 Å². The lowest BCUT2D eigenvalue weighted by atomic mass is 10.1. The van der Waals surface area contributed by atoms with Crippen LogP contribution < -0.4 is 5.11 Å². The largest absolute Gasteiger partial charge is 0.617 e. The molecule has 0 unspecified atom stereocenters. The third kappa shape index (κ3) is 28.8. The number of nitrogens with zero attached hydrogens (tertiary/aromatic N) is 1. The summed E-state index contributed by atoms with van der Waals surface area (Å²) in [5, 5.41) is 8.89. The van der Waals surface area contributed by atoms with Gasteiger partial charge in [0.25, 0.3) is 0 Å². The minimum absolute atomic E-state index is 0.611. The van der Waals surface area contributed by atoms with Crippen LogP contribution in [0.25, 0.3) is 0 Å². The molecule has 0 saturated heterocycles. The molecule has 0 radical (unpaired) electrons. The summed E-state index contributed by atoms with van der Waals surface area (Å²) in [5.74, 6) is -1.08. The van der Waals surface area contributed by atoms with Gasteiger partial charge in [0.2, 0.25) is 0 Å². The van der Waals surface area contributed by atoms with E-state index in [1.165, 1.54) is 82.0 Å². The van der Waals surface area contributed by atoms with Crippen LogP contribution in [0.2, 0.25) is 0 Å².